The molecule has 0 aliphatic carbocycles. The monoisotopic (exact) mass is 302 g/mol. The summed E-state index contributed by atoms with van der Waals surface area (Å²) in [5.41, 5.74) is -0.673. The van der Waals surface area contributed by atoms with Crippen molar-refractivity contribution in [3.63, 3.8) is 0 Å². The molecular formula is C15H11FN2O2S. The number of halogens is 1. The molecule has 106 valence electrons. The summed E-state index contributed by atoms with van der Waals surface area (Å²) >= 11 is 1.53. The molecule has 0 amide bonds. The van der Waals surface area contributed by atoms with Crippen LogP contribution in [0.25, 0.3) is 11.1 Å². The van der Waals surface area contributed by atoms with E-state index in [1.807, 2.05) is 17.5 Å². The molecule has 3 rings (SSSR count). The van der Waals surface area contributed by atoms with Gasteiger partial charge in [-0.05, 0) is 17.5 Å². The van der Waals surface area contributed by atoms with Crippen molar-refractivity contribution >= 4 is 11.3 Å². The molecule has 3 aromatic rings. The van der Waals surface area contributed by atoms with E-state index in [2.05, 4.69) is 9.97 Å². The number of hydrogen-bond donors (Lipinski definition) is 2. The van der Waals surface area contributed by atoms with Crippen molar-refractivity contribution in [1.82, 2.24) is 9.97 Å². The molecule has 2 N–H and O–H groups in total. The van der Waals surface area contributed by atoms with Crippen LogP contribution in [0.15, 0.2) is 46.6 Å². The van der Waals surface area contributed by atoms with Gasteiger partial charge in [-0.25, -0.2) is 4.39 Å². The van der Waals surface area contributed by atoms with Gasteiger partial charge >= 0.3 is 0 Å². The van der Waals surface area contributed by atoms with E-state index in [9.17, 15) is 14.3 Å². The molecule has 0 saturated heterocycles. The van der Waals surface area contributed by atoms with Gasteiger partial charge in [0.15, 0.2) is 0 Å². The molecule has 4 nitrogen and oxygen atoms in total. The Hall–Kier alpha value is -2.47. The molecule has 0 saturated carbocycles. The summed E-state index contributed by atoms with van der Waals surface area (Å²) in [7, 11) is 0. The number of benzene rings is 1. The van der Waals surface area contributed by atoms with Crippen LogP contribution in [0.4, 0.5) is 4.39 Å². The minimum Gasteiger partial charge on any atom is -0.493 e. The van der Waals surface area contributed by atoms with Crippen LogP contribution >= 0.6 is 11.3 Å². The van der Waals surface area contributed by atoms with Gasteiger partial charge in [0.05, 0.1) is 0 Å². The van der Waals surface area contributed by atoms with Gasteiger partial charge in [-0.15, -0.1) is 11.3 Å². The van der Waals surface area contributed by atoms with E-state index in [0.717, 1.165) is 4.88 Å². The van der Waals surface area contributed by atoms with Crippen LogP contribution in [0, 0.1) is 5.82 Å². The maximum atomic E-state index is 13.8. The summed E-state index contributed by atoms with van der Waals surface area (Å²) in [4.78, 5) is 19.7. The predicted octanol–water partition coefficient (Wildman–Crippen LogP) is 2.93. The molecule has 0 radical (unpaired) electrons. The second-order valence-corrected chi connectivity index (χ2v) is 5.48. The normalized spacial score (nSPS) is 10.7. The Labute approximate surface area is 123 Å². The first kappa shape index (κ1) is 13.5. The summed E-state index contributed by atoms with van der Waals surface area (Å²) < 4.78 is 13.8. The Morgan fingerprint density at radius 2 is 2.05 bits per heavy atom. The van der Waals surface area contributed by atoms with Crippen LogP contribution < -0.4 is 5.56 Å². The third-order valence-corrected chi connectivity index (χ3v) is 3.89. The zero-order valence-corrected chi connectivity index (χ0v) is 11.7. The second kappa shape index (κ2) is 5.49. The fourth-order valence-electron chi connectivity index (χ4n) is 2.08. The second-order valence-electron chi connectivity index (χ2n) is 4.45. The Morgan fingerprint density at radius 3 is 2.71 bits per heavy atom. The van der Waals surface area contributed by atoms with Gasteiger partial charge in [0.25, 0.3) is 5.56 Å². The number of H-pyrrole nitrogens is 1. The van der Waals surface area contributed by atoms with Crippen molar-refractivity contribution < 1.29 is 9.50 Å². The van der Waals surface area contributed by atoms with E-state index in [1.54, 1.807) is 6.07 Å². The van der Waals surface area contributed by atoms with Crippen LogP contribution in [0.5, 0.6) is 5.88 Å². The van der Waals surface area contributed by atoms with Crippen molar-refractivity contribution in [2.45, 2.75) is 6.42 Å². The highest BCUT2D eigenvalue weighted by Crippen LogP contribution is 2.26. The molecule has 0 unspecified atom stereocenters. The summed E-state index contributed by atoms with van der Waals surface area (Å²) in [5.74, 6) is -0.693. The fourth-order valence-corrected chi connectivity index (χ4v) is 2.78. The molecule has 6 heteroatoms. The minimum atomic E-state index is -0.578. The summed E-state index contributed by atoms with van der Waals surface area (Å²) in [6, 6.07) is 9.58. The van der Waals surface area contributed by atoms with Crippen molar-refractivity contribution in [3.8, 4) is 17.0 Å². The third kappa shape index (κ3) is 2.71. The quantitative estimate of drug-likeness (QED) is 0.782. The lowest BCUT2D eigenvalue weighted by Crippen LogP contribution is -2.14. The first-order valence-electron chi connectivity index (χ1n) is 6.24. The molecule has 2 aromatic heterocycles. The lowest BCUT2D eigenvalue weighted by atomic mass is 10.1. The van der Waals surface area contributed by atoms with Gasteiger partial charge in [-0.3, -0.25) is 4.79 Å². The van der Waals surface area contributed by atoms with E-state index >= 15 is 0 Å². The third-order valence-electron chi connectivity index (χ3n) is 3.01. The van der Waals surface area contributed by atoms with Crippen LogP contribution in [0.2, 0.25) is 0 Å². The topological polar surface area (TPSA) is 66.0 Å². The minimum absolute atomic E-state index is 0.0337. The smallest absolute Gasteiger partial charge is 0.262 e. The number of hydrogen-bond acceptors (Lipinski definition) is 4. The number of aromatic hydroxyl groups is 1. The highest BCUT2D eigenvalue weighted by Gasteiger charge is 2.16. The van der Waals surface area contributed by atoms with E-state index < -0.39 is 17.3 Å². The highest BCUT2D eigenvalue weighted by molar-refractivity contribution is 7.09. The maximum absolute atomic E-state index is 13.8. The summed E-state index contributed by atoms with van der Waals surface area (Å²) in [6.07, 6.45) is 0.415. The van der Waals surface area contributed by atoms with Crippen molar-refractivity contribution in [2.24, 2.45) is 0 Å². The number of aromatic amines is 1. The number of thiophene rings is 1. The first-order valence-corrected chi connectivity index (χ1v) is 7.12. The Bertz CT molecular complexity index is 828. The van der Waals surface area contributed by atoms with Crippen molar-refractivity contribution in [3.05, 3.63) is 68.7 Å². The number of nitrogens with one attached hydrogen (secondary N) is 1. The van der Waals surface area contributed by atoms with E-state index in [0.29, 0.717) is 12.2 Å². The van der Waals surface area contributed by atoms with Crippen molar-refractivity contribution in [1.29, 1.82) is 0 Å². The lowest BCUT2D eigenvalue weighted by molar-refractivity contribution is 0.450. The summed E-state index contributed by atoms with van der Waals surface area (Å²) in [6.45, 7) is 0. The van der Waals surface area contributed by atoms with Crippen LogP contribution in [0.1, 0.15) is 10.7 Å². The SMILES string of the molecule is O=c1[nH]c(Cc2cccs2)nc(O)c1-c1ccccc1F. The molecule has 21 heavy (non-hydrogen) atoms. The van der Waals surface area contributed by atoms with Crippen molar-refractivity contribution in [2.75, 3.05) is 0 Å². The number of rotatable bonds is 3. The summed E-state index contributed by atoms with van der Waals surface area (Å²) in [5, 5.41) is 11.9. The molecule has 0 aliphatic heterocycles. The Balaban J connectivity index is 2.05. The molecular weight excluding hydrogens is 291 g/mol. The molecule has 0 fully saturated rings. The first-order chi connectivity index (χ1) is 10.1. The Kier molecular flexibility index (Phi) is 3.53. The molecule has 2 heterocycles. The fraction of sp³-hybridized carbons (Fsp3) is 0.0667. The number of nitrogens with zero attached hydrogens (tertiary/aromatic N) is 1. The van der Waals surface area contributed by atoms with E-state index in [4.69, 9.17) is 0 Å². The van der Waals surface area contributed by atoms with Gasteiger partial charge in [0.2, 0.25) is 5.88 Å². The largest absolute Gasteiger partial charge is 0.493 e. The van der Waals surface area contributed by atoms with Gasteiger partial charge in [-0.1, -0.05) is 24.3 Å². The zero-order chi connectivity index (χ0) is 14.8. The zero-order valence-electron chi connectivity index (χ0n) is 10.8. The van der Waals surface area contributed by atoms with Gasteiger partial charge < -0.3 is 10.1 Å². The predicted molar refractivity (Wildman–Crippen MR) is 79.0 cm³/mol. The molecule has 0 spiro atoms. The van der Waals surface area contributed by atoms with Gasteiger partial charge in [0.1, 0.15) is 17.2 Å². The lowest BCUT2D eigenvalue weighted by Gasteiger charge is -2.06. The van der Waals surface area contributed by atoms with Crippen LogP contribution in [-0.2, 0) is 6.42 Å². The maximum Gasteiger partial charge on any atom is 0.262 e. The average Bonchev–Trinajstić information content (AvgIpc) is 2.93. The van der Waals surface area contributed by atoms with E-state index in [1.165, 1.54) is 29.5 Å². The van der Waals surface area contributed by atoms with E-state index in [-0.39, 0.29) is 11.1 Å². The highest BCUT2D eigenvalue weighted by atomic mass is 32.1. The molecule has 0 atom stereocenters. The molecule has 1 aromatic carbocycles. The van der Waals surface area contributed by atoms with Gasteiger partial charge in [0, 0.05) is 16.9 Å². The molecule has 0 bridgehead atoms. The number of aromatic nitrogens is 2. The van der Waals surface area contributed by atoms with Gasteiger partial charge in [-0.2, -0.15) is 4.98 Å². The molecule has 0 aliphatic rings. The average molecular weight is 302 g/mol. The Morgan fingerprint density at radius 1 is 1.24 bits per heavy atom. The standard InChI is InChI=1S/C15H11FN2O2S/c16-11-6-2-1-5-10(11)13-14(19)17-12(18-15(13)20)8-9-4-3-7-21-9/h1-7H,8H2,(H2,17,18,19,20). The van der Waals surface area contributed by atoms with Crippen LogP contribution in [-0.4, -0.2) is 15.1 Å². The van der Waals surface area contributed by atoms with Crippen LogP contribution in [0.3, 0.4) is 0 Å².